The highest BCUT2D eigenvalue weighted by molar-refractivity contribution is 5.47. The summed E-state index contributed by atoms with van der Waals surface area (Å²) in [4.78, 5) is 0. The van der Waals surface area contributed by atoms with Gasteiger partial charge in [0.1, 0.15) is 11.5 Å². The summed E-state index contributed by atoms with van der Waals surface area (Å²) >= 11 is 0. The average molecular weight is 302 g/mol. The van der Waals surface area contributed by atoms with Gasteiger partial charge in [0.05, 0.1) is 12.3 Å². The molecule has 0 aliphatic heterocycles. The minimum absolute atomic E-state index is 0.721. The van der Waals surface area contributed by atoms with E-state index in [9.17, 15) is 0 Å². The van der Waals surface area contributed by atoms with Gasteiger partial charge in [-0.05, 0) is 44.5 Å². The molecule has 2 aromatic rings. The molecule has 2 rings (SSSR count). The van der Waals surface area contributed by atoms with Crippen molar-refractivity contribution in [3.05, 3.63) is 41.3 Å². The Bertz CT molecular complexity index is 541. The van der Waals surface area contributed by atoms with Crippen molar-refractivity contribution < 1.29 is 9.26 Å². The van der Waals surface area contributed by atoms with Gasteiger partial charge in [-0.2, -0.15) is 0 Å². The van der Waals surface area contributed by atoms with Crippen molar-refractivity contribution in [2.24, 2.45) is 0 Å². The number of hydrogen-bond donors (Lipinski definition) is 1. The molecule has 0 saturated carbocycles. The van der Waals surface area contributed by atoms with Crippen molar-refractivity contribution in [1.82, 2.24) is 5.16 Å². The molecule has 0 bridgehead atoms. The van der Waals surface area contributed by atoms with E-state index in [0.717, 1.165) is 48.0 Å². The normalized spacial score (nSPS) is 10.7. The Hall–Kier alpha value is -1.97. The van der Waals surface area contributed by atoms with Crippen LogP contribution in [0.5, 0.6) is 5.75 Å². The number of unbranched alkanes of at least 4 members (excludes halogenated alkanes) is 3. The van der Waals surface area contributed by atoms with Crippen LogP contribution in [0.15, 0.2) is 28.8 Å². The molecular formula is C18H26N2O2. The molecule has 4 heteroatoms. The Morgan fingerprint density at radius 2 is 1.86 bits per heavy atom. The smallest absolute Gasteiger partial charge is 0.138 e. The highest BCUT2D eigenvalue weighted by Crippen LogP contribution is 2.19. The maximum absolute atomic E-state index is 5.74. The zero-order valence-corrected chi connectivity index (χ0v) is 13.8. The summed E-state index contributed by atoms with van der Waals surface area (Å²) in [7, 11) is 0. The quantitative estimate of drug-likeness (QED) is 0.672. The van der Waals surface area contributed by atoms with E-state index >= 15 is 0 Å². The summed E-state index contributed by atoms with van der Waals surface area (Å²) in [5.74, 6) is 1.80. The van der Waals surface area contributed by atoms with Gasteiger partial charge < -0.3 is 14.6 Å². The van der Waals surface area contributed by atoms with E-state index in [-0.39, 0.29) is 0 Å². The van der Waals surface area contributed by atoms with Crippen molar-refractivity contribution in [2.75, 3.05) is 11.9 Å². The highest BCUT2D eigenvalue weighted by atomic mass is 16.5. The first-order chi connectivity index (χ1) is 10.7. The Morgan fingerprint density at radius 3 is 2.50 bits per heavy atom. The number of benzene rings is 1. The third-order valence-electron chi connectivity index (χ3n) is 3.77. The molecule has 1 aromatic heterocycles. The molecule has 0 saturated heterocycles. The molecule has 0 radical (unpaired) electrons. The van der Waals surface area contributed by atoms with Crippen LogP contribution in [0.25, 0.3) is 0 Å². The van der Waals surface area contributed by atoms with Crippen molar-refractivity contribution in [2.45, 2.75) is 53.0 Å². The van der Waals surface area contributed by atoms with E-state index in [1.165, 1.54) is 19.3 Å². The minimum atomic E-state index is 0.721. The second kappa shape index (κ2) is 8.47. The van der Waals surface area contributed by atoms with E-state index in [4.69, 9.17) is 9.26 Å². The van der Waals surface area contributed by atoms with E-state index < -0.39 is 0 Å². The summed E-state index contributed by atoms with van der Waals surface area (Å²) in [6.45, 7) is 7.63. The van der Waals surface area contributed by atoms with Crippen LogP contribution in [-0.4, -0.2) is 11.8 Å². The summed E-state index contributed by atoms with van der Waals surface area (Å²) in [6.07, 6.45) is 4.91. The number of nitrogens with one attached hydrogen (secondary N) is 1. The van der Waals surface area contributed by atoms with Gasteiger partial charge in [0.2, 0.25) is 0 Å². The van der Waals surface area contributed by atoms with E-state index in [1.807, 2.05) is 38.1 Å². The molecule has 0 unspecified atom stereocenters. The van der Waals surface area contributed by atoms with Crippen molar-refractivity contribution in [3.8, 4) is 5.75 Å². The molecule has 0 atom stereocenters. The van der Waals surface area contributed by atoms with Gasteiger partial charge in [0, 0.05) is 17.8 Å². The predicted molar refractivity (Wildman–Crippen MR) is 89.4 cm³/mol. The number of nitrogens with zero attached hydrogens (tertiary/aromatic N) is 1. The number of aromatic nitrogens is 1. The van der Waals surface area contributed by atoms with Crippen LogP contribution in [0, 0.1) is 13.8 Å². The molecule has 0 fully saturated rings. The molecule has 1 N–H and O–H groups in total. The monoisotopic (exact) mass is 302 g/mol. The third kappa shape index (κ3) is 4.79. The molecule has 0 spiro atoms. The minimum Gasteiger partial charge on any atom is -0.494 e. The first-order valence-electron chi connectivity index (χ1n) is 8.09. The molecule has 4 nitrogen and oxygen atoms in total. The molecule has 22 heavy (non-hydrogen) atoms. The van der Waals surface area contributed by atoms with Gasteiger partial charge in [-0.15, -0.1) is 0 Å². The lowest BCUT2D eigenvalue weighted by molar-refractivity contribution is 0.305. The number of anilines is 1. The van der Waals surface area contributed by atoms with E-state index in [2.05, 4.69) is 17.4 Å². The fraction of sp³-hybridized carbons (Fsp3) is 0.500. The van der Waals surface area contributed by atoms with Crippen LogP contribution in [0.2, 0.25) is 0 Å². The van der Waals surface area contributed by atoms with Crippen molar-refractivity contribution in [3.63, 3.8) is 0 Å². The molecule has 0 aliphatic carbocycles. The predicted octanol–water partition coefficient (Wildman–Crippen LogP) is 4.86. The van der Waals surface area contributed by atoms with Gasteiger partial charge in [0.15, 0.2) is 0 Å². The molecule has 0 amide bonds. The Kier molecular flexibility index (Phi) is 6.31. The largest absolute Gasteiger partial charge is 0.494 e. The Balaban J connectivity index is 1.77. The van der Waals surface area contributed by atoms with Crippen LogP contribution in [0.4, 0.5) is 5.69 Å². The van der Waals surface area contributed by atoms with Crippen LogP contribution < -0.4 is 10.1 Å². The maximum Gasteiger partial charge on any atom is 0.138 e. The zero-order chi connectivity index (χ0) is 15.8. The average Bonchev–Trinajstić information content (AvgIpc) is 2.85. The SMILES string of the molecule is CCCCCCOc1ccc(NCc2c(C)noc2C)cc1. The maximum atomic E-state index is 5.74. The van der Waals surface area contributed by atoms with Gasteiger partial charge in [-0.3, -0.25) is 0 Å². The van der Waals surface area contributed by atoms with Crippen LogP contribution >= 0.6 is 0 Å². The fourth-order valence-electron chi connectivity index (χ4n) is 2.33. The summed E-state index contributed by atoms with van der Waals surface area (Å²) < 4.78 is 10.9. The first-order valence-corrected chi connectivity index (χ1v) is 8.09. The number of rotatable bonds is 9. The molecule has 1 heterocycles. The molecule has 1 aromatic carbocycles. The highest BCUT2D eigenvalue weighted by Gasteiger charge is 2.08. The Labute approximate surface area is 132 Å². The van der Waals surface area contributed by atoms with Crippen molar-refractivity contribution in [1.29, 1.82) is 0 Å². The van der Waals surface area contributed by atoms with Crippen LogP contribution in [0.1, 0.15) is 49.6 Å². The zero-order valence-electron chi connectivity index (χ0n) is 13.8. The second-order valence-electron chi connectivity index (χ2n) is 5.59. The van der Waals surface area contributed by atoms with Crippen molar-refractivity contribution >= 4 is 5.69 Å². The first kappa shape index (κ1) is 16.4. The van der Waals surface area contributed by atoms with Gasteiger partial charge in [0.25, 0.3) is 0 Å². The number of hydrogen-bond acceptors (Lipinski definition) is 4. The lowest BCUT2D eigenvalue weighted by Gasteiger charge is -2.09. The summed E-state index contributed by atoms with van der Waals surface area (Å²) in [6, 6.07) is 8.10. The summed E-state index contributed by atoms with van der Waals surface area (Å²) in [5.41, 5.74) is 3.13. The fourth-order valence-corrected chi connectivity index (χ4v) is 2.33. The van der Waals surface area contributed by atoms with E-state index in [0.29, 0.717) is 0 Å². The third-order valence-corrected chi connectivity index (χ3v) is 3.77. The molecular weight excluding hydrogens is 276 g/mol. The number of aryl methyl sites for hydroxylation is 2. The van der Waals surface area contributed by atoms with Crippen LogP contribution in [0.3, 0.4) is 0 Å². The lowest BCUT2D eigenvalue weighted by atomic mass is 10.2. The van der Waals surface area contributed by atoms with Gasteiger partial charge in [-0.1, -0.05) is 31.3 Å². The topological polar surface area (TPSA) is 47.3 Å². The molecule has 0 aliphatic rings. The summed E-state index contributed by atoms with van der Waals surface area (Å²) in [5, 5.41) is 7.35. The van der Waals surface area contributed by atoms with Gasteiger partial charge in [-0.25, -0.2) is 0 Å². The van der Waals surface area contributed by atoms with E-state index in [1.54, 1.807) is 0 Å². The van der Waals surface area contributed by atoms with Gasteiger partial charge >= 0.3 is 0 Å². The second-order valence-corrected chi connectivity index (χ2v) is 5.59. The van der Waals surface area contributed by atoms with Crippen LogP contribution in [-0.2, 0) is 6.54 Å². The molecule has 120 valence electrons. The lowest BCUT2D eigenvalue weighted by Crippen LogP contribution is -2.01. The standard InChI is InChI=1S/C18H26N2O2/c1-4-5-6-7-12-21-17-10-8-16(9-11-17)19-13-18-14(2)20-22-15(18)3/h8-11,19H,4-7,12-13H2,1-3H3. The number of ether oxygens (including phenoxy) is 1. The Morgan fingerprint density at radius 1 is 1.09 bits per heavy atom.